The number of nitrogens with zero attached hydrogens (tertiary/aromatic N) is 1. The SMILES string of the molecule is C/C=C1\C(=NC)CCC1c1ccccc1. The molecular formula is C14H17N. The predicted octanol–water partition coefficient (Wildman–Crippen LogP) is 3.58. The minimum Gasteiger partial charge on any atom is -0.293 e. The highest BCUT2D eigenvalue weighted by atomic mass is 14.7. The van der Waals surface area contributed by atoms with Gasteiger partial charge in [0.2, 0.25) is 0 Å². The first-order valence-electron chi connectivity index (χ1n) is 5.54. The van der Waals surface area contributed by atoms with Gasteiger partial charge in [0.25, 0.3) is 0 Å². The van der Waals surface area contributed by atoms with E-state index in [1.165, 1.54) is 23.3 Å². The molecule has 1 heteroatoms. The van der Waals surface area contributed by atoms with Crippen molar-refractivity contribution in [2.45, 2.75) is 25.7 Å². The van der Waals surface area contributed by atoms with Crippen molar-refractivity contribution in [3.05, 3.63) is 47.5 Å². The lowest BCUT2D eigenvalue weighted by Gasteiger charge is -2.11. The van der Waals surface area contributed by atoms with Crippen LogP contribution in [0.5, 0.6) is 0 Å². The van der Waals surface area contributed by atoms with Crippen LogP contribution in [-0.2, 0) is 0 Å². The van der Waals surface area contributed by atoms with Crippen LogP contribution >= 0.6 is 0 Å². The van der Waals surface area contributed by atoms with Crippen molar-refractivity contribution in [1.29, 1.82) is 0 Å². The summed E-state index contributed by atoms with van der Waals surface area (Å²) in [6.07, 6.45) is 4.54. The van der Waals surface area contributed by atoms with Crippen LogP contribution in [0.25, 0.3) is 0 Å². The second-order valence-corrected chi connectivity index (χ2v) is 3.92. The van der Waals surface area contributed by atoms with Crippen molar-refractivity contribution in [1.82, 2.24) is 0 Å². The van der Waals surface area contributed by atoms with Gasteiger partial charge in [-0.3, -0.25) is 4.99 Å². The van der Waals surface area contributed by atoms with Crippen LogP contribution in [0.2, 0.25) is 0 Å². The number of hydrogen-bond donors (Lipinski definition) is 0. The Hall–Kier alpha value is -1.37. The quantitative estimate of drug-likeness (QED) is 0.655. The zero-order valence-corrected chi connectivity index (χ0v) is 9.40. The topological polar surface area (TPSA) is 12.4 Å². The highest BCUT2D eigenvalue weighted by Gasteiger charge is 2.26. The van der Waals surface area contributed by atoms with Crippen molar-refractivity contribution in [3.8, 4) is 0 Å². The van der Waals surface area contributed by atoms with Gasteiger partial charge in [0.15, 0.2) is 0 Å². The Morgan fingerprint density at radius 3 is 2.60 bits per heavy atom. The first-order valence-corrected chi connectivity index (χ1v) is 5.54. The molecule has 1 nitrogen and oxygen atoms in total. The maximum absolute atomic E-state index is 4.36. The van der Waals surface area contributed by atoms with Crippen LogP contribution in [0, 0.1) is 0 Å². The Morgan fingerprint density at radius 2 is 2.00 bits per heavy atom. The molecule has 0 N–H and O–H groups in total. The molecule has 0 heterocycles. The van der Waals surface area contributed by atoms with Crippen LogP contribution in [0.15, 0.2) is 47.0 Å². The smallest absolute Gasteiger partial charge is 0.0380 e. The number of hydrogen-bond acceptors (Lipinski definition) is 1. The van der Waals surface area contributed by atoms with E-state index in [9.17, 15) is 0 Å². The Morgan fingerprint density at radius 1 is 1.27 bits per heavy atom. The molecule has 1 aliphatic rings. The molecule has 0 aromatic heterocycles. The molecule has 15 heavy (non-hydrogen) atoms. The van der Waals surface area contributed by atoms with Gasteiger partial charge < -0.3 is 0 Å². The second-order valence-electron chi connectivity index (χ2n) is 3.92. The molecule has 0 amide bonds. The summed E-state index contributed by atoms with van der Waals surface area (Å²) in [6, 6.07) is 10.7. The summed E-state index contributed by atoms with van der Waals surface area (Å²) in [4.78, 5) is 4.36. The lowest BCUT2D eigenvalue weighted by Crippen LogP contribution is -2.00. The third kappa shape index (κ3) is 1.87. The summed E-state index contributed by atoms with van der Waals surface area (Å²) in [5.41, 5.74) is 4.12. The van der Waals surface area contributed by atoms with E-state index in [2.05, 4.69) is 48.3 Å². The Balaban J connectivity index is 2.33. The van der Waals surface area contributed by atoms with E-state index in [0.717, 1.165) is 6.42 Å². The minimum atomic E-state index is 0.565. The third-order valence-corrected chi connectivity index (χ3v) is 3.16. The average Bonchev–Trinajstić information content (AvgIpc) is 2.72. The fraction of sp³-hybridized carbons (Fsp3) is 0.357. The highest BCUT2D eigenvalue weighted by molar-refractivity contribution is 6.03. The molecule has 1 aliphatic carbocycles. The van der Waals surface area contributed by atoms with Crippen LogP contribution < -0.4 is 0 Å². The molecule has 0 bridgehead atoms. The minimum absolute atomic E-state index is 0.565. The van der Waals surface area contributed by atoms with Crippen LogP contribution in [0.3, 0.4) is 0 Å². The molecule has 1 saturated carbocycles. The van der Waals surface area contributed by atoms with Gasteiger partial charge in [0.05, 0.1) is 0 Å². The van der Waals surface area contributed by atoms with Gasteiger partial charge in [0, 0.05) is 18.7 Å². The van der Waals surface area contributed by atoms with Gasteiger partial charge in [-0.05, 0) is 30.9 Å². The maximum atomic E-state index is 4.36. The molecule has 1 aromatic rings. The first kappa shape index (κ1) is 10.2. The first-order chi connectivity index (χ1) is 7.36. The molecule has 0 saturated heterocycles. The van der Waals surface area contributed by atoms with E-state index in [1.807, 2.05) is 7.05 Å². The van der Waals surface area contributed by atoms with Gasteiger partial charge in [-0.1, -0.05) is 36.4 Å². The number of rotatable bonds is 1. The molecule has 1 unspecified atom stereocenters. The largest absolute Gasteiger partial charge is 0.293 e. The molecule has 0 radical (unpaired) electrons. The summed E-state index contributed by atoms with van der Waals surface area (Å²) in [5, 5.41) is 0. The van der Waals surface area contributed by atoms with Gasteiger partial charge in [-0.2, -0.15) is 0 Å². The molecular weight excluding hydrogens is 182 g/mol. The van der Waals surface area contributed by atoms with Crippen molar-refractivity contribution in [2.75, 3.05) is 7.05 Å². The summed E-state index contributed by atoms with van der Waals surface area (Å²) in [6.45, 7) is 2.11. The van der Waals surface area contributed by atoms with Crippen LogP contribution in [-0.4, -0.2) is 12.8 Å². The molecule has 0 aliphatic heterocycles. The van der Waals surface area contributed by atoms with Crippen molar-refractivity contribution in [3.63, 3.8) is 0 Å². The second kappa shape index (κ2) is 4.43. The monoisotopic (exact) mass is 199 g/mol. The van der Waals surface area contributed by atoms with E-state index in [4.69, 9.17) is 0 Å². The lowest BCUT2D eigenvalue weighted by atomic mass is 9.93. The van der Waals surface area contributed by atoms with Gasteiger partial charge in [0.1, 0.15) is 0 Å². The van der Waals surface area contributed by atoms with E-state index >= 15 is 0 Å². The average molecular weight is 199 g/mol. The predicted molar refractivity (Wildman–Crippen MR) is 65.5 cm³/mol. The molecule has 2 rings (SSSR count). The Kier molecular flexibility index (Phi) is 3.00. The Bertz CT molecular complexity index is 387. The third-order valence-electron chi connectivity index (χ3n) is 3.16. The number of aliphatic imine (C=N–C) groups is 1. The number of allylic oxidation sites excluding steroid dienone is 2. The lowest BCUT2D eigenvalue weighted by molar-refractivity contribution is 0.802. The van der Waals surface area contributed by atoms with E-state index < -0.39 is 0 Å². The van der Waals surface area contributed by atoms with Crippen molar-refractivity contribution < 1.29 is 0 Å². The van der Waals surface area contributed by atoms with Gasteiger partial charge >= 0.3 is 0 Å². The van der Waals surface area contributed by atoms with Crippen molar-refractivity contribution in [2.24, 2.45) is 4.99 Å². The molecule has 0 spiro atoms. The normalized spacial score (nSPS) is 26.4. The van der Waals surface area contributed by atoms with Crippen LogP contribution in [0.1, 0.15) is 31.2 Å². The van der Waals surface area contributed by atoms with Gasteiger partial charge in [-0.25, -0.2) is 0 Å². The van der Waals surface area contributed by atoms with E-state index in [1.54, 1.807) is 0 Å². The molecule has 1 fully saturated rings. The molecule has 1 aromatic carbocycles. The number of benzene rings is 1. The highest BCUT2D eigenvalue weighted by Crippen LogP contribution is 2.37. The summed E-state index contributed by atoms with van der Waals surface area (Å²) in [5.74, 6) is 0.565. The molecule has 78 valence electrons. The summed E-state index contributed by atoms with van der Waals surface area (Å²) < 4.78 is 0. The zero-order valence-electron chi connectivity index (χ0n) is 9.40. The zero-order chi connectivity index (χ0) is 10.7. The molecule has 1 atom stereocenters. The van der Waals surface area contributed by atoms with E-state index in [0.29, 0.717) is 5.92 Å². The van der Waals surface area contributed by atoms with Crippen LogP contribution in [0.4, 0.5) is 0 Å². The standard InChI is InChI=1S/C14H17N/c1-3-12-13(9-10-14(12)15-2)11-7-5-4-6-8-11/h3-8,13H,9-10H2,1-2H3/b12-3-,15-14?. The summed E-state index contributed by atoms with van der Waals surface area (Å²) in [7, 11) is 1.90. The Labute approximate surface area is 91.6 Å². The van der Waals surface area contributed by atoms with E-state index in [-0.39, 0.29) is 0 Å². The van der Waals surface area contributed by atoms with Gasteiger partial charge in [-0.15, -0.1) is 0 Å². The fourth-order valence-corrected chi connectivity index (χ4v) is 2.42. The summed E-state index contributed by atoms with van der Waals surface area (Å²) >= 11 is 0. The van der Waals surface area contributed by atoms with Crippen molar-refractivity contribution >= 4 is 5.71 Å². The maximum Gasteiger partial charge on any atom is 0.0380 e. The fourth-order valence-electron chi connectivity index (χ4n) is 2.42.